The van der Waals surface area contributed by atoms with Gasteiger partial charge in [-0.05, 0) is 30.7 Å². The normalized spacial score (nSPS) is 10.6. The SMILES string of the molecule is COc1cc(Br)cc(/C=N/NC(=O)CNc2ccccc2C)c1O. The number of aromatic hydroxyl groups is 1. The van der Waals surface area contributed by atoms with Crippen molar-refractivity contribution in [3.05, 3.63) is 52.0 Å². The van der Waals surface area contributed by atoms with E-state index in [0.29, 0.717) is 11.3 Å². The molecule has 3 N–H and O–H groups in total. The average Bonchev–Trinajstić information content (AvgIpc) is 2.56. The van der Waals surface area contributed by atoms with Gasteiger partial charge < -0.3 is 15.2 Å². The van der Waals surface area contributed by atoms with Crippen LogP contribution in [0.4, 0.5) is 5.69 Å². The van der Waals surface area contributed by atoms with Gasteiger partial charge in [0.25, 0.3) is 5.91 Å². The Kier molecular flexibility index (Phi) is 6.20. The van der Waals surface area contributed by atoms with Crippen LogP contribution in [0.2, 0.25) is 0 Å². The number of ether oxygens (including phenoxy) is 1. The molecule has 0 aliphatic carbocycles. The predicted molar refractivity (Wildman–Crippen MR) is 97.8 cm³/mol. The first kappa shape index (κ1) is 17.8. The molecule has 2 rings (SSSR count). The van der Waals surface area contributed by atoms with E-state index in [9.17, 15) is 9.90 Å². The molecule has 126 valence electrons. The largest absolute Gasteiger partial charge is 0.504 e. The van der Waals surface area contributed by atoms with Crippen molar-refractivity contribution in [2.45, 2.75) is 6.92 Å². The van der Waals surface area contributed by atoms with Crippen molar-refractivity contribution in [1.82, 2.24) is 5.43 Å². The average molecular weight is 392 g/mol. The van der Waals surface area contributed by atoms with Crippen molar-refractivity contribution in [1.29, 1.82) is 0 Å². The van der Waals surface area contributed by atoms with Gasteiger partial charge in [0.15, 0.2) is 11.5 Å². The highest BCUT2D eigenvalue weighted by atomic mass is 79.9. The van der Waals surface area contributed by atoms with Crippen LogP contribution >= 0.6 is 15.9 Å². The fourth-order valence-corrected chi connectivity index (χ4v) is 2.46. The number of rotatable bonds is 6. The summed E-state index contributed by atoms with van der Waals surface area (Å²) in [5, 5.41) is 16.9. The predicted octanol–water partition coefficient (Wildman–Crippen LogP) is 3.03. The first-order valence-electron chi connectivity index (χ1n) is 7.19. The number of hydrogen-bond donors (Lipinski definition) is 3. The summed E-state index contributed by atoms with van der Waals surface area (Å²) in [4.78, 5) is 11.8. The van der Waals surface area contributed by atoms with Crippen LogP contribution in [-0.2, 0) is 4.79 Å². The van der Waals surface area contributed by atoms with Gasteiger partial charge in [-0.25, -0.2) is 5.43 Å². The first-order valence-corrected chi connectivity index (χ1v) is 7.98. The van der Waals surface area contributed by atoms with E-state index in [1.165, 1.54) is 13.3 Å². The zero-order valence-corrected chi connectivity index (χ0v) is 14.9. The van der Waals surface area contributed by atoms with E-state index in [4.69, 9.17) is 4.74 Å². The first-order chi connectivity index (χ1) is 11.5. The summed E-state index contributed by atoms with van der Waals surface area (Å²) in [5.41, 5.74) is 4.78. The molecule has 0 fully saturated rings. The Bertz CT molecular complexity index is 763. The summed E-state index contributed by atoms with van der Waals surface area (Å²) in [6, 6.07) is 11.0. The van der Waals surface area contributed by atoms with Crippen LogP contribution < -0.4 is 15.5 Å². The monoisotopic (exact) mass is 391 g/mol. The number of phenols is 1. The summed E-state index contributed by atoms with van der Waals surface area (Å²) in [7, 11) is 1.46. The van der Waals surface area contributed by atoms with E-state index < -0.39 is 0 Å². The van der Waals surface area contributed by atoms with Gasteiger partial charge in [0.1, 0.15) is 0 Å². The molecule has 0 spiro atoms. The standard InChI is InChI=1S/C17H18BrN3O3/c1-11-5-3-4-6-14(11)19-10-16(22)21-20-9-12-7-13(18)8-15(24-2)17(12)23/h3-9,19,23H,10H2,1-2H3,(H,21,22)/b20-9+. The molecule has 0 unspecified atom stereocenters. The molecule has 0 aliphatic heterocycles. The minimum atomic E-state index is -0.295. The van der Waals surface area contributed by atoms with Gasteiger partial charge in [-0.15, -0.1) is 0 Å². The van der Waals surface area contributed by atoms with Crippen molar-refractivity contribution in [3.63, 3.8) is 0 Å². The molecule has 2 aromatic rings. The fraction of sp³-hybridized carbons (Fsp3) is 0.176. The smallest absolute Gasteiger partial charge is 0.259 e. The number of halogens is 1. The molecule has 0 radical (unpaired) electrons. The Hall–Kier alpha value is -2.54. The Morgan fingerprint density at radius 1 is 1.38 bits per heavy atom. The van der Waals surface area contributed by atoms with Crippen LogP contribution in [0.3, 0.4) is 0 Å². The number of nitrogens with zero attached hydrogens (tertiary/aromatic N) is 1. The Morgan fingerprint density at radius 3 is 2.83 bits per heavy atom. The number of phenolic OH excluding ortho intramolecular Hbond substituents is 1. The number of aryl methyl sites for hydroxylation is 1. The molecular weight excluding hydrogens is 374 g/mol. The third-order valence-corrected chi connectivity index (χ3v) is 3.72. The molecule has 7 heteroatoms. The minimum absolute atomic E-state index is 0.0447. The quantitative estimate of drug-likeness (QED) is 0.521. The van der Waals surface area contributed by atoms with Gasteiger partial charge in [-0.1, -0.05) is 34.1 Å². The van der Waals surface area contributed by atoms with Crippen molar-refractivity contribution in [3.8, 4) is 11.5 Å². The number of hydrazone groups is 1. The summed E-state index contributed by atoms with van der Waals surface area (Å²) in [6.07, 6.45) is 1.36. The molecule has 0 bridgehead atoms. The van der Waals surface area contributed by atoms with Gasteiger partial charge in [0, 0.05) is 15.7 Å². The maximum Gasteiger partial charge on any atom is 0.259 e. The Morgan fingerprint density at radius 2 is 2.12 bits per heavy atom. The third-order valence-electron chi connectivity index (χ3n) is 3.27. The Labute approximate surface area is 148 Å². The number of para-hydroxylation sites is 1. The molecular formula is C17H18BrN3O3. The van der Waals surface area contributed by atoms with Gasteiger partial charge in [-0.2, -0.15) is 5.10 Å². The van der Waals surface area contributed by atoms with E-state index in [0.717, 1.165) is 15.7 Å². The maximum atomic E-state index is 11.8. The number of nitrogens with one attached hydrogen (secondary N) is 2. The number of carbonyl (C=O) groups excluding carboxylic acids is 1. The molecule has 0 aromatic heterocycles. The maximum absolute atomic E-state index is 11.8. The van der Waals surface area contributed by atoms with E-state index in [1.54, 1.807) is 12.1 Å². The summed E-state index contributed by atoms with van der Waals surface area (Å²) in [6.45, 7) is 2.05. The van der Waals surface area contributed by atoms with Crippen molar-refractivity contribution < 1.29 is 14.6 Å². The van der Waals surface area contributed by atoms with Gasteiger partial charge in [-0.3, -0.25) is 4.79 Å². The van der Waals surface area contributed by atoms with E-state index >= 15 is 0 Å². The highest BCUT2D eigenvalue weighted by molar-refractivity contribution is 9.10. The molecule has 6 nitrogen and oxygen atoms in total. The number of anilines is 1. The second-order valence-electron chi connectivity index (χ2n) is 5.01. The second kappa shape index (κ2) is 8.35. The lowest BCUT2D eigenvalue weighted by Crippen LogP contribution is -2.26. The van der Waals surface area contributed by atoms with Crippen LogP contribution in [0.25, 0.3) is 0 Å². The van der Waals surface area contributed by atoms with Crippen molar-refractivity contribution in [2.75, 3.05) is 19.0 Å². The minimum Gasteiger partial charge on any atom is -0.504 e. The lowest BCUT2D eigenvalue weighted by Gasteiger charge is -2.08. The van der Waals surface area contributed by atoms with E-state index in [2.05, 4.69) is 31.8 Å². The molecule has 0 saturated heterocycles. The van der Waals surface area contributed by atoms with Crippen molar-refractivity contribution >= 4 is 33.7 Å². The van der Waals surface area contributed by atoms with Gasteiger partial charge in [0.05, 0.1) is 19.9 Å². The van der Waals surface area contributed by atoms with Crippen molar-refractivity contribution in [2.24, 2.45) is 5.10 Å². The molecule has 0 atom stereocenters. The molecule has 0 heterocycles. The van der Waals surface area contributed by atoms with Crippen LogP contribution in [-0.4, -0.2) is 30.9 Å². The summed E-state index contributed by atoms with van der Waals surface area (Å²) >= 11 is 3.32. The van der Waals surface area contributed by atoms with Gasteiger partial charge in [0.2, 0.25) is 0 Å². The molecule has 2 aromatic carbocycles. The number of hydrogen-bond acceptors (Lipinski definition) is 5. The summed E-state index contributed by atoms with van der Waals surface area (Å²) < 4.78 is 5.78. The van der Waals surface area contributed by atoms with Crippen LogP contribution in [0.1, 0.15) is 11.1 Å². The fourth-order valence-electron chi connectivity index (χ4n) is 2.01. The summed E-state index contributed by atoms with van der Waals surface area (Å²) in [5.74, 6) is -0.0222. The molecule has 0 aliphatic rings. The number of amides is 1. The van der Waals surface area contributed by atoms with E-state index in [-0.39, 0.29) is 18.2 Å². The van der Waals surface area contributed by atoms with Gasteiger partial charge >= 0.3 is 0 Å². The van der Waals surface area contributed by atoms with Crippen LogP contribution in [0, 0.1) is 6.92 Å². The number of methoxy groups -OCH3 is 1. The highest BCUT2D eigenvalue weighted by Gasteiger charge is 2.08. The zero-order valence-electron chi connectivity index (χ0n) is 13.3. The Balaban J connectivity index is 1.93. The molecule has 0 saturated carbocycles. The highest BCUT2D eigenvalue weighted by Crippen LogP contribution is 2.32. The molecule has 1 amide bonds. The second-order valence-corrected chi connectivity index (χ2v) is 5.92. The lowest BCUT2D eigenvalue weighted by atomic mass is 10.2. The number of benzene rings is 2. The third kappa shape index (κ3) is 4.73. The zero-order chi connectivity index (χ0) is 17.5. The van der Waals surface area contributed by atoms with Crippen LogP contribution in [0.5, 0.6) is 11.5 Å². The van der Waals surface area contributed by atoms with Crippen LogP contribution in [0.15, 0.2) is 46.0 Å². The lowest BCUT2D eigenvalue weighted by molar-refractivity contribution is -0.119. The topological polar surface area (TPSA) is 83.0 Å². The number of carbonyl (C=O) groups is 1. The molecule has 24 heavy (non-hydrogen) atoms. The van der Waals surface area contributed by atoms with E-state index in [1.807, 2.05) is 31.2 Å².